The molecule has 2 fully saturated rings. The van der Waals surface area contributed by atoms with Gasteiger partial charge in [0.1, 0.15) is 18.3 Å². The lowest BCUT2D eigenvalue weighted by molar-refractivity contribution is 0.122. The molecule has 10 heteroatoms. The van der Waals surface area contributed by atoms with E-state index in [0.29, 0.717) is 67.3 Å². The predicted octanol–water partition coefficient (Wildman–Crippen LogP) is 4.72. The Bertz CT molecular complexity index is 1140. The lowest BCUT2D eigenvalue weighted by atomic mass is 9.86. The summed E-state index contributed by atoms with van der Waals surface area (Å²) >= 11 is 0. The summed E-state index contributed by atoms with van der Waals surface area (Å²) in [7, 11) is 0. The maximum absolute atomic E-state index is 14.0. The van der Waals surface area contributed by atoms with E-state index in [1.807, 2.05) is 24.3 Å². The van der Waals surface area contributed by atoms with Gasteiger partial charge < -0.3 is 20.3 Å². The number of nitrogens with zero attached hydrogens (tertiary/aromatic N) is 4. The van der Waals surface area contributed by atoms with E-state index in [0.717, 1.165) is 38.0 Å². The van der Waals surface area contributed by atoms with Crippen molar-refractivity contribution in [2.75, 3.05) is 56.3 Å². The molecule has 0 bridgehead atoms. The summed E-state index contributed by atoms with van der Waals surface area (Å²) in [5, 5.41) is 6.75. The standard InChI is InChI=1S/C26H33F3N6O/c27-9-10-30-19-7-5-18(6-8-19)17-31-23-15-20(16-24(33-23)34-11-13-36-14-12-34)35-22-4-2-1-3-21(22)32-26(35)25(28)29/h1-4,15-16,18-19,25,30H,5-14,17H2,(H,31,33). The summed E-state index contributed by atoms with van der Waals surface area (Å²) in [6.45, 7) is 3.42. The van der Waals surface area contributed by atoms with Crippen molar-refractivity contribution in [2.24, 2.45) is 5.92 Å². The zero-order valence-corrected chi connectivity index (χ0v) is 20.3. The molecular weight excluding hydrogens is 469 g/mol. The molecule has 1 saturated carbocycles. The topological polar surface area (TPSA) is 67.2 Å². The van der Waals surface area contributed by atoms with Crippen LogP contribution in [0.2, 0.25) is 0 Å². The number of hydrogen-bond donors (Lipinski definition) is 2. The van der Waals surface area contributed by atoms with Crippen molar-refractivity contribution in [1.29, 1.82) is 0 Å². The molecule has 2 aliphatic rings. The zero-order chi connectivity index (χ0) is 24.9. The van der Waals surface area contributed by atoms with Gasteiger partial charge in [-0.1, -0.05) is 12.1 Å². The van der Waals surface area contributed by atoms with Gasteiger partial charge in [-0.25, -0.2) is 23.1 Å². The van der Waals surface area contributed by atoms with E-state index in [9.17, 15) is 13.2 Å². The van der Waals surface area contributed by atoms with Crippen molar-refractivity contribution in [3.05, 3.63) is 42.2 Å². The second-order valence-corrected chi connectivity index (χ2v) is 9.50. The summed E-state index contributed by atoms with van der Waals surface area (Å²) in [4.78, 5) is 11.2. The number of nitrogens with one attached hydrogen (secondary N) is 2. The number of para-hydroxylation sites is 2. The Kier molecular flexibility index (Phi) is 7.91. The van der Waals surface area contributed by atoms with Crippen LogP contribution in [-0.2, 0) is 4.74 Å². The molecule has 3 aromatic rings. The highest BCUT2D eigenvalue weighted by Gasteiger charge is 2.24. The average Bonchev–Trinajstić information content (AvgIpc) is 3.32. The fourth-order valence-electron chi connectivity index (χ4n) is 5.22. The third kappa shape index (κ3) is 5.59. The van der Waals surface area contributed by atoms with E-state index in [1.54, 1.807) is 16.7 Å². The Morgan fingerprint density at radius 2 is 1.81 bits per heavy atom. The molecule has 0 radical (unpaired) electrons. The molecule has 0 spiro atoms. The van der Waals surface area contributed by atoms with E-state index >= 15 is 0 Å². The van der Waals surface area contributed by atoms with Gasteiger partial charge in [0.2, 0.25) is 0 Å². The van der Waals surface area contributed by atoms with Gasteiger partial charge in [-0.05, 0) is 43.7 Å². The van der Waals surface area contributed by atoms with Crippen LogP contribution in [0, 0.1) is 5.92 Å². The number of halogens is 3. The van der Waals surface area contributed by atoms with E-state index in [-0.39, 0.29) is 12.5 Å². The maximum atomic E-state index is 14.0. The summed E-state index contributed by atoms with van der Waals surface area (Å²) < 4.78 is 47.6. The highest BCUT2D eigenvalue weighted by Crippen LogP contribution is 2.31. The Morgan fingerprint density at radius 1 is 1.03 bits per heavy atom. The molecule has 36 heavy (non-hydrogen) atoms. The van der Waals surface area contributed by atoms with Crippen molar-refractivity contribution in [1.82, 2.24) is 19.9 Å². The molecule has 1 aliphatic carbocycles. The lowest BCUT2D eigenvalue weighted by Crippen LogP contribution is -2.37. The lowest BCUT2D eigenvalue weighted by Gasteiger charge is -2.30. The molecule has 2 N–H and O–H groups in total. The van der Waals surface area contributed by atoms with Crippen LogP contribution in [0.4, 0.5) is 24.8 Å². The van der Waals surface area contributed by atoms with E-state index in [2.05, 4.69) is 20.5 Å². The minimum atomic E-state index is -2.71. The Hall–Kier alpha value is -2.85. The molecule has 1 aliphatic heterocycles. The van der Waals surface area contributed by atoms with E-state index in [4.69, 9.17) is 9.72 Å². The Morgan fingerprint density at radius 3 is 2.56 bits per heavy atom. The summed E-state index contributed by atoms with van der Waals surface area (Å²) in [5.41, 5.74) is 1.78. The third-order valence-electron chi connectivity index (χ3n) is 7.12. The zero-order valence-electron chi connectivity index (χ0n) is 20.3. The quantitative estimate of drug-likeness (QED) is 0.441. The molecule has 0 amide bonds. The molecule has 1 aromatic carbocycles. The summed E-state index contributed by atoms with van der Waals surface area (Å²) in [6.07, 6.45) is 1.44. The van der Waals surface area contributed by atoms with Gasteiger partial charge in [0.25, 0.3) is 6.43 Å². The second kappa shape index (κ2) is 11.5. The van der Waals surface area contributed by atoms with Crippen molar-refractivity contribution in [3.8, 4) is 5.69 Å². The van der Waals surface area contributed by atoms with Gasteiger partial charge >= 0.3 is 0 Å². The average molecular weight is 503 g/mol. The molecule has 194 valence electrons. The number of hydrogen-bond acceptors (Lipinski definition) is 6. The van der Waals surface area contributed by atoms with Crippen LogP contribution in [0.5, 0.6) is 0 Å². The summed E-state index contributed by atoms with van der Waals surface area (Å²) in [5.74, 6) is 1.59. The number of benzene rings is 1. The molecule has 3 heterocycles. The number of alkyl halides is 3. The van der Waals surface area contributed by atoms with Gasteiger partial charge in [-0.15, -0.1) is 0 Å². The number of morpholine rings is 1. The SMILES string of the molecule is FCCNC1CCC(CNc2cc(-n3c(C(F)F)nc4ccccc43)cc(N3CCOCC3)n2)CC1. The van der Waals surface area contributed by atoms with Crippen LogP contribution in [0.3, 0.4) is 0 Å². The number of pyridine rings is 1. The number of imidazole rings is 1. The van der Waals surface area contributed by atoms with Crippen LogP contribution in [0.15, 0.2) is 36.4 Å². The summed E-state index contributed by atoms with van der Waals surface area (Å²) in [6, 6.07) is 11.3. The molecular formula is C26H33F3N6O. The minimum absolute atomic E-state index is 0.277. The Balaban J connectivity index is 1.41. The van der Waals surface area contributed by atoms with Crippen LogP contribution in [-0.4, -0.2) is 66.6 Å². The smallest absolute Gasteiger partial charge is 0.295 e. The number of ether oxygens (including phenoxy) is 1. The van der Waals surface area contributed by atoms with Gasteiger partial charge in [0.05, 0.1) is 29.9 Å². The molecule has 2 aromatic heterocycles. The van der Waals surface area contributed by atoms with Crippen molar-refractivity contribution >= 4 is 22.7 Å². The minimum Gasteiger partial charge on any atom is -0.378 e. The first-order valence-corrected chi connectivity index (χ1v) is 12.8. The van der Waals surface area contributed by atoms with Gasteiger partial charge in [-0.3, -0.25) is 4.57 Å². The largest absolute Gasteiger partial charge is 0.378 e. The van der Waals surface area contributed by atoms with Gasteiger partial charge in [0, 0.05) is 44.4 Å². The Labute approximate surface area is 209 Å². The van der Waals surface area contributed by atoms with Crippen molar-refractivity contribution in [3.63, 3.8) is 0 Å². The highest BCUT2D eigenvalue weighted by atomic mass is 19.3. The molecule has 1 saturated heterocycles. The van der Waals surface area contributed by atoms with Crippen molar-refractivity contribution in [2.45, 2.75) is 38.2 Å². The number of aromatic nitrogens is 3. The first-order chi connectivity index (χ1) is 17.6. The van der Waals surface area contributed by atoms with Crippen molar-refractivity contribution < 1.29 is 17.9 Å². The van der Waals surface area contributed by atoms with Crippen LogP contribution in [0.25, 0.3) is 16.7 Å². The normalized spacial score (nSPS) is 20.8. The highest BCUT2D eigenvalue weighted by molar-refractivity contribution is 5.79. The molecule has 5 rings (SSSR count). The number of anilines is 2. The number of fused-ring (bicyclic) bond motifs is 1. The third-order valence-corrected chi connectivity index (χ3v) is 7.12. The molecule has 0 unspecified atom stereocenters. The van der Waals surface area contributed by atoms with E-state index < -0.39 is 6.43 Å². The molecule has 0 atom stereocenters. The van der Waals surface area contributed by atoms with Crippen LogP contribution in [0.1, 0.15) is 37.9 Å². The van der Waals surface area contributed by atoms with Crippen LogP contribution >= 0.6 is 0 Å². The maximum Gasteiger partial charge on any atom is 0.295 e. The first-order valence-electron chi connectivity index (χ1n) is 12.8. The van der Waals surface area contributed by atoms with Gasteiger partial charge in [-0.2, -0.15) is 0 Å². The van der Waals surface area contributed by atoms with Crippen LogP contribution < -0.4 is 15.5 Å². The van der Waals surface area contributed by atoms with Gasteiger partial charge in [0.15, 0.2) is 5.82 Å². The second-order valence-electron chi connectivity index (χ2n) is 9.50. The fourth-order valence-corrected chi connectivity index (χ4v) is 5.22. The predicted molar refractivity (Wildman–Crippen MR) is 135 cm³/mol. The monoisotopic (exact) mass is 502 g/mol. The molecule has 7 nitrogen and oxygen atoms in total. The number of rotatable bonds is 9. The fraction of sp³-hybridized carbons (Fsp3) is 0.538. The van der Waals surface area contributed by atoms with E-state index in [1.165, 1.54) is 0 Å². The first kappa shape index (κ1) is 24.8.